The Morgan fingerprint density at radius 2 is 1.88 bits per heavy atom. The summed E-state index contributed by atoms with van der Waals surface area (Å²) in [4.78, 5) is 7.30. The molecule has 1 saturated heterocycles. The minimum atomic E-state index is 0.473. The lowest BCUT2D eigenvalue weighted by atomic mass is 10.1. The Morgan fingerprint density at radius 1 is 1.08 bits per heavy atom. The van der Waals surface area contributed by atoms with E-state index in [-0.39, 0.29) is 0 Å². The number of aromatic nitrogens is 2. The number of hydrogen-bond acceptors (Lipinski definition) is 3. The largest absolute Gasteiger partial charge is 0.353 e. The number of imidazole rings is 1. The van der Waals surface area contributed by atoms with E-state index < -0.39 is 0 Å². The van der Waals surface area contributed by atoms with Gasteiger partial charge in [0.15, 0.2) is 0 Å². The monoisotopic (exact) mass is 368 g/mol. The number of halogens is 1. The van der Waals surface area contributed by atoms with Crippen molar-refractivity contribution in [3.8, 4) is 0 Å². The molecular weight excluding hydrogens is 344 g/mol. The molecule has 136 valence electrons. The molecular formula is C21H25ClN4. The van der Waals surface area contributed by atoms with Crippen LogP contribution in [0.3, 0.4) is 0 Å². The normalized spacial score (nSPS) is 18.8. The summed E-state index contributed by atoms with van der Waals surface area (Å²) in [5.41, 5.74) is 3.42. The van der Waals surface area contributed by atoms with E-state index in [1.165, 1.54) is 24.9 Å². The number of benzene rings is 2. The van der Waals surface area contributed by atoms with Gasteiger partial charge in [-0.2, -0.15) is 0 Å². The molecule has 3 aromatic rings. The summed E-state index contributed by atoms with van der Waals surface area (Å²) in [6.45, 7) is 3.10. The van der Waals surface area contributed by atoms with Crippen molar-refractivity contribution in [3.05, 3.63) is 59.1 Å². The van der Waals surface area contributed by atoms with Gasteiger partial charge in [0.25, 0.3) is 0 Å². The van der Waals surface area contributed by atoms with E-state index in [1.807, 2.05) is 18.2 Å². The van der Waals surface area contributed by atoms with Crippen molar-refractivity contribution in [2.75, 3.05) is 25.5 Å². The van der Waals surface area contributed by atoms with Gasteiger partial charge < -0.3 is 14.8 Å². The average Bonchev–Trinajstić information content (AvgIpc) is 2.84. The lowest BCUT2D eigenvalue weighted by Gasteiger charge is -2.19. The Hall–Kier alpha value is -2.04. The molecule has 0 saturated carbocycles. The van der Waals surface area contributed by atoms with Gasteiger partial charge in [0, 0.05) is 11.1 Å². The van der Waals surface area contributed by atoms with E-state index in [4.69, 9.17) is 16.6 Å². The zero-order valence-electron chi connectivity index (χ0n) is 15.2. The molecule has 0 aliphatic carbocycles. The summed E-state index contributed by atoms with van der Waals surface area (Å²) < 4.78 is 2.28. The number of hydrogen-bond donors (Lipinski definition) is 1. The average molecular weight is 369 g/mol. The second-order valence-corrected chi connectivity index (χ2v) is 7.65. The van der Waals surface area contributed by atoms with Crippen molar-refractivity contribution in [3.63, 3.8) is 0 Å². The smallest absolute Gasteiger partial charge is 0.204 e. The predicted molar refractivity (Wildman–Crippen MR) is 109 cm³/mol. The summed E-state index contributed by atoms with van der Waals surface area (Å²) >= 11 is 6.04. The van der Waals surface area contributed by atoms with E-state index in [9.17, 15) is 0 Å². The molecule has 4 rings (SSSR count). The minimum Gasteiger partial charge on any atom is -0.353 e. The third-order valence-electron chi connectivity index (χ3n) is 5.19. The lowest BCUT2D eigenvalue weighted by molar-refractivity contribution is 0.348. The third kappa shape index (κ3) is 3.87. The second kappa shape index (κ2) is 7.68. The highest BCUT2D eigenvalue weighted by molar-refractivity contribution is 6.30. The molecule has 4 nitrogen and oxygen atoms in total. The fraction of sp³-hybridized carbons (Fsp3) is 0.381. The van der Waals surface area contributed by atoms with Gasteiger partial charge in [-0.3, -0.25) is 0 Å². The van der Waals surface area contributed by atoms with Gasteiger partial charge >= 0.3 is 0 Å². The highest BCUT2D eigenvalue weighted by atomic mass is 35.5. The van der Waals surface area contributed by atoms with Crippen molar-refractivity contribution in [1.82, 2.24) is 14.5 Å². The van der Waals surface area contributed by atoms with Crippen LogP contribution in [-0.2, 0) is 6.54 Å². The number of likely N-dealkylation sites (tertiary alicyclic amines) is 1. The molecule has 0 spiro atoms. The number of nitrogens with one attached hydrogen (secondary N) is 1. The Kier molecular flexibility index (Phi) is 5.14. The maximum atomic E-state index is 6.04. The van der Waals surface area contributed by atoms with Gasteiger partial charge in [0.2, 0.25) is 5.95 Å². The molecule has 1 atom stereocenters. The zero-order valence-corrected chi connectivity index (χ0v) is 15.9. The molecule has 1 fully saturated rings. The number of para-hydroxylation sites is 2. The fourth-order valence-corrected chi connectivity index (χ4v) is 3.81. The van der Waals surface area contributed by atoms with Crippen LogP contribution in [0.5, 0.6) is 0 Å². The van der Waals surface area contributed by atoms with Gasteiger partial charge in [0.05, 0.1) is 17.6 Å². The standard InChI is InChI=1S/C21H25ClN4/c1-25-13-4-5-18(12-14-25)23-21-24-19-6-2-3-7-20(19)26(21)15-16-8-10-17(22)11-9-16/h2-3,6-11,18H,4-5,12-15H2,1H3,(H,23,24). The summed E-state index contributed by atoms with van der Waals surface area (Å²) in [7, 11) is 2.21. The zero-order chi connectivity index (χ0) is 17.9. The second-order valence-electron chi connectivity index (χ2n) is 7.21. The Balaban J connectivity index is 1.64. The maximum absolute atomic E-state index is 6.04. The van der Waals surface area contributed by atoms with Gasteiger partial charge in [-0.1, -0.05) is 35.9 Å². The highest BCUT2D eigenvalue weighted by Crippen LogP contribution is 2.24. The van der Waals surface area contributed by atoms with Crippen molar-refractivity contribution in [2.24, 2.45) is 0 Å². The SMILES string of the molecule is CN1CCCC(Nc2nc3ccccc3n2Cc2ccc(Cl)cc2)CC1. The van der Waals surface area contributed by atoms with E-state index in [1.54, 1.807) is 0 Å². The maximum Gasteiger partial charge on any atom is 0.204 e. The topological polar surface area (TPSA) is 33.1 Å². The first-order chi connectivity index (χ1) is 12.7. The molecule has 26 heavy (non-hydrogen) atoms. The molecule has 0 radical (unpaired) electrons. The molecule has 1 aromatic heterocycles. The van der Waals surface area contributed by atoms with Crippen molar-refractivity contribution in [1.29, 1.82) is 0 Å². The number of rotatable bonds is 4. The summed E-state index contributed by atoms with van der Waals surface area (Å²) in [6, 6.07) is 16.9. The molecule has 1 unspecified atom stereocenters. The first-order valence-corrected chi connectivity index (χ1v) is 9.71. The molecule has 1 N–H and O–H groups in total. The van der Waals surface area contributed by atoms with Gasteiger partial charge in [-0.25, -0.2) is 4.98 Å². The molecule has 1 aliphatic rings. The van der Waals surface area contributed by atoms with E-state index in [0.29, 0.717) is 6.04 Å². The molecule has 2 heterocycles. The summed E-state index contributed by atoms with van der Waals surface area (Å²) in [5, 5.41) is 4.50. The van der Waals surface area contributed by atoms with E-state index in [2.05, 4.69) is 52.2 Å². The Labute approximate surface area is 159 Å². The van der Waals surface area contributed by atoms with E-state index in [0.717, 1.165) is 41.5 Å². The van der Waals surface area contributed by atoms with Crippen LogP contribution in [0, 0.1) is 0 Å². The lowest BCUT2D eigenvalue weighted by Crippen LogP contribution is -2.24. The number of fused-ring (bicyclic) bond motifs is 1. The summed E-state index contributed by atoms with van der Waals surface area (Å²) in [5.74, 6) is 0.968. The molecule has 1 aliphatic heterocycles. The van der Waals surface area contributed by atoms with Crippen molar-refractivity contribution < 1.29 is 0 Å². The first-order valence-electron chi connectivity index (χ1n) is 9.34. The summed E-state index contributed by atoms with van der Waals surface area (Å²) in [6.07, 6.45) is 3.57. The van der Waals surface area contributed by atoms with Crippen LogP contribution in [0.25, 0.3) is 11.0 Å². The minimum absolute atomic E-state index is 0.473. The van der Waals surface area contributed by atoms with Crippen LogP contribution in [0.2, 0.25) is 5.02 Å². The van der Waals surface area contributed by atoms with Gasteiger partial charge in [0.1, 0.15) is 0 Å². The molecule has 5 heteroatoms. The van der Waals surface area contributed by atoms with Gasteiger partial charge in [-0.05, 0) is 69.2 Å². The molecule has 0 bridgehead atoms. The van der Waals surface area contributed by atoms with Crippen LogP contribution in [0.15, 0.2) is 48.5 Å². The number of nitrogens with zero attached hydrogens (tertiary/aromatic N) is 3. The first kappa shape index (κ1) is 17.4. The van der Waals surface area contributed by atoms with Crippen LogP contribution >= 0.6 is 11.6 Å². The Bertz CT molecular complexity index is 871. The van der Waals surface area contributed by atoms with Crippen LogP contribution in [-0.4, -0.2) is 40.6 Å². The van der Waals surface area contributed by atoms with Crippen molar-refractivity contribution in [2.45, 2.75) is 31.8 Å². The van der Waals surface area contributed by atoms with Crippen LogP contribution in [0.1, 0.15) is 24.8 Å². The third-order valence-corrected chi connectivity index (χ3v) is 5.45. The van der Waals surface area contributed by atoms with Crippen LogP contribution < -0.4 is 5.32 Å². The molecule has 0 amide bonds. The van der Waals surface area contributed by atoms with Crippen LogP contribution in [0.4, 0.5) is 5.95 Å². The predicted octanol–water partition coefficient (Wildman–Crippen LogP) is 4.63. The number of anilines is 1. The van der Waals surface area contributed by atoms with Gasteiger partial charge in [-0.15, -0.1) is 0 Å². The fourth-order valence-electron chi connectivity index (χ4n) is 3.69. The van der Waals surface area contributed by atoms with Crippen molar-refractivity contribution >= 4 is 28.6 Å². The Morgan fingerprint density at radius 3 is 2.73 bits per heavy atom. The molecule has 2 aromatic carbocycles. The van der Waals surface area contributed by atoms with E-state index >= 15 is 0 Å². The quantitative estimate of drug-likeness (QED) is 0.728. The highest BCUT2D eigenvalue weighted by Gasteiger charge is 2.18.